The molecule has 4 aromatic carbocycles. The van der Waals surface area contributed by atoms with E-state index in [4.69, 9.17) is 0 Å². The van der Waals surface area contributed by atoms with Crippen molar-refractivity contribution in [1.82, 2.24) is 0 Å². The maximum Gasteiger partial charge on any atom is 0.381 e. The molecule has 2 nitrogen and oxygen atoms in total. The molecule has 0 amide bonds. The average Bonchev–Trinajstić information content (AvgIpc) is 4.21. The van der Waals surface area contributed by atoms with Gasteiger partial charge in [0.2, 0.25) is 5.77 Å². The molecule has 0 unspecified atom stereocenters. The van der Waals surface area contributed by atoms with E-state index < -0.39 is 144 Å². The highest BCUT2D eigenvalue weighted by Gasteiger charge is 2.52. The van der Waals surface area contributed by atoms with Crippen molar-refractivity contribution in [1.29, 1.82) is 0 Å². The van der Waals surface area contributed by atoms with Gasteiger partial charge in [-0.15, -0.1) is 21.9 Å². The number of benzene rings is 4. The molecular weight excluding hydrogens is 1140 g/mol. The third-order valence-corrected chi connectivity index (χ3v) is 17.9. The second-order valence-corrected chi connectivity index (χ2v) is 22.3. The SMILES string of the molecule is Fc1c(F)c(F)c([B-](c2c(F)c(F)c(F)c(F)c2F)(c2c(F)c(F)c(F)c(F)c2F)c2c(F)c(F)c(F)c(F)c2F)c(F)c1F.O=C(c1ccc([I+]c2ccc(C(=O)C3CCCC3)s2)s1)C1CCCC1. The van der Waals surface area contributed by atoms with Gasteiger partial charge in [-0.3, -0.25) is 9.59 Å². The lowest BCUT2D eigenvalue weighted by molar-refractivity contribution is -0.585. The first-order chi connectivity index (χ1) is 32.9. The Morgan fingerprint density at radius 1 is 0.343 bits per heavy atom. The van der Waals surface area contributed by atoms with Crippen LogP contribution in [0.15, 0.2) is 24.3 Å². The molecule has 0 N–H and O–H groups in total. The second kappa shape index (κ2) is 20.3. The van der Waals surface area contributed by atoms with E-state index in [9.17, 15) is 62.3 Å². The Hall–Kier alpha value is -4.99. The molecular formula is C44H22BF20IO2S2. The molecule has 2 aliphatic rings. The lowest BCUT2D eigenvalue weighted by Crippen LogP contribution is -3.61. The van der Waals surface area contributed by atoms with Crippen LogP contribution < -0.4 is 43.1 Å². The van der Waals surface area contributed by atoms with Gasteiger partial charge in [0.25, 0.3) is 0 Å². The molecule has 6 aromatic rings. The van der Waals surface area contributed by atoms with Crippen LogP contribution in [0.4, 0.5) is 87.8 Å². The maximum atomic E-state index is 15.4. The largest absolute Gasteiger partial charge is 0.381 e. The summed E-state index contributed by atoms with van der Waals surface area (Å²) in [5, 5.41) is 0. The first kappa shape index (κ1) is 52.8. The van der Waals surface area contributed by atoms with Crippen LogP contribution in [0.1, 0.15) is 70.7 Å². The van der Waals surface area contributed by atoms with Gasteiger partial charge in [0.15, 0.2) is 81.4 Å². The van der Waals surface area contributed by atoms with Crippen molar-refractivity contribution in [3.63, 3.8) is 0 Å². The molecule has 0 saturated heterocycles. The number of ketones is 2. The number of carbonyl (C=O) groups is 2. The molecule has 0 atom stereocenters. The highest BCUT2D eigenvalue weighted by molar-refractivity contribution is 7.20. The second-order valence-electron chi connectivity index (χ2n) is 15.8. The Kier molecular flexibility index (Phi) is 15.3. The minimum Gasteiger partial charge on any atom is -0.293 e. The fraction of sp³-hybridized carbons (Fsp3) is 0.227. The van der Waals surface area contributed by atoms with Gasteiger partial charge in [0.1, 0.15) is 52.7 Å². The van der Waals surface area contributed by atoms with E-state index in [-0.39, 0.29) is 33.0 Å². The Morgan fingerprint density at radius 2 is 0.543 bits per heavy atom. The Bertz CT molecular complexity index is 2660. The van der Waals surface area contributed by atoms with Gasteiger partial charge in [-0.05, 0) is 37.8 Å². The normalized spacial score (nSPS) is 14.5. The number of rotatable bonds is 10. The molecule has 0 bridgehead atoms. The van der Waals surface area contributed by atoms with E-state index in [1.54, 1.807) is 22.7 Å². The summed E-state index contributed by atoms with van der Waals surface area (Å²) in [6.07, 6.45) is 1.87. The number of hydrogen-bond donors (Lipinski definition) is 0. The molecule has 2 saturated carbocycles. The molecule has 2 aromatic heterocycles. The van der Waals surface area contributed by atoms with E-state index >= 15 is 35.1 Å². The Balaban J connectivity index is 0.000000242. The molecule has 26 heteroatoms. The quantitative estimate of drug-likeness (QED) is 0.0345. The summed E-state index contributed by atoms with van der Waals surface area (Å²) in [6.45, 7) is 0. The van der Waals surface area contributed by atoms with Crippen LogP contribution in [-0.2, 0) is 0 Å². The fourth-order valence-corrected chi connectivity index (χ4v) is 15.1. The molecule has 2 aliphatic carbocycles. The van der Waals surface area contributed by atoms with Crippen LogP contribution in [0.3, 0.4) is 0 Å². The van der Waals surface area contributed by atoms with Gasteiger partial charge < -0.3 is 0 Å². The molecule has 8 rings (SSSR count). The van der Waals surface area contributed by atoms with Crippen molar-refractivity contribution in [3.05, 3.63) is 156 Å². The van der Waals surface area contributed by atoms with Crippen LogP contribution in [-0.4, -0.2) is 17.7 Å². The average molecular weight is 1160 g/mol. The van der Waals surface area contributed by atoms with E-state index in [2.05, 4.69) is 12.1 Å². The lowest BCUT2D eigenvalue weighted by Gasteiger charge is -2.44. The van der Waals surface area contributed by atoms with Gasteiger partial charge in [0, 0.05) is 24.0 Å². The number of Topliss-reactive ketones (excluding diaryl/α,β-unsaturated/α-hetero) is 2. The summed E-state index contributed by atoms with van der Waals surface area (Å²) in [5.41, 5.74) is -14.3. The van der Waals surface area contributed by atoms with E-state index in [0.29, 0.717) is 11.6 Å². The summed E-state index contributed by atoms with van der Waals surface area (Å²) < 4.78 is 297. The third kappa shape index (κ3) is 8.69. The van der Waals surface area contributed by atoms with Crippen molar-refractivity contribution in [3.8, 4) is 0 Å². The van der Waals surface area contributed by atoms with E-state index in [1.807, 2.05) is 12.1 Å². The summed E-state index contributed by atoms with van der Waals surface area (Å²) in [6, 6.07) is 8.33. The zero-order valence-electron chi connectivity index (χ0n) is 34.3. The first-order valence-corrected chi connectivity index (χ1v) is 23.9. The molecule has 2 heterocycles. The van der Waals surface area contributed by atoms with Crippen molar-refractivity contribution < 1.29 is 119 Å². The lowest BCUT2D eigenvalue weighted by atomic mass is 9.12. The van der Waals surface area contributed by atoms with Gasteiger partial charge in [-0.2, -0.15) is 0 Å². The summed E-state index contributed by atoms with van der Waals surface area (Å²) >= 11 is 3.10. The molecule has 2 fully saturated rings. The molecule has 0 spiro atoms. The molecule has 372 valence electrons. The number of carbonyl (C=O) groups excluding carboxylic acids is 2. The summed E-state index contributed by atoms with van der Waals surface area (Å²) in [7, 11) is 0. The maximum absolute atomic E-state index is 15.4. The zero-order chi connectivity index (χ0) is 51.6. The topological polar surface area (TPSA) is 34.1 Å². The number of halogens is 21. The van der Waals surface area contributed by atoms with E-state index in [1.165, 1.54) is 31.5 Å². The Labute approximate surface area is 398 Å². The summed E-state index contributed by atoms with van der Waals surface area (Å²) in [4.78, 5) is 27.0. The Morgan fingerprint density at radius 3 is 0.757 bits per heavy atom. The monoisotopic (exact) mass is 1160 g/mol. The van der Waals surface area contributed by atoms with E-state index in [0.717, 1.165) is 35.4 Å². The van der Waals surface area contributed by atoms with Crippen molar-refractivity contribution in [2.24, 2.45) is 11.8 Å². The fourth-order valence-electron chi connectivity index (χ4n) is 8.74. The predicted molar refractivity (Wildman–Crippen MR) is 208 cm³/mol. The molecule has 0 aliphatic heterocycles. The summed E-state index contributed by atoms with van der Waals surface area (Å²) in [5.74, 6) is -70.1. The minimum absolute atomic E-state index is 0.266. The standard InChI is InChI=1S/C24BF20.C20H22IO2S2/c26-5-1(6(27)14(35)21(42)13(5)34)25(2-7(28)15(36)22(43)16(37)8(2)29,3-9(30)17(38)23(44)18(39)10(3)31)4-11(32)19(40)24(45)20(41)12(4)33;22-19(13-5-1-2-6-13)15-9-11-17(24-15)21-18-12-10-16(25-18)20(23)14-7-3-4-8-14/h;9-14H,1-8H2/q-1;+1. The first-order valence-electron chi connectivity index (χ1n) is 20.1. The van der Waals surface area contributed by atoms with Crippen molar-refractivity contribution >= 4 is 62.2 Å². The van der Waals surface area contributed by atoms with Crippen LogP contribution >= 0.6 is 22.7 Å². The van der Waals surface area contributed by atoms with Crippen LogP contribution in [0.5, 0.6) is 0 Å². The molecule has 0 radical (unpaired) electrons. The number of thiophene rings is 2. The minimum atomic E-state index is -7.22. The highest BCUT2D eigenvalue weighted by atomic mass is 127. The van der Waals surface area contributed by atoms with Gasteiger partial charge >= 0.3 is 21.2 Å². The van der Waals surface area contributed by atoms with Crippen LogP contribution in [0.2, 0.25) is 0 Å². The van der Waals surface area contributed by atoms with Gasteiger partial charge in [-0.25, -0.2) is 87.8 Å². The zero-order valence-corrected chi connectivity index (χ0v) is 38.1. The highest BCUT2D eigenvalue weighted by Crippen LogP contribution is 2.33. The van der Waals surface area contributed by atoms with Gasteiger partial charge in [0.05, 0.1) is 9.75 Å². The number of hydrogen-bond acceptors (Lipinski definition) is 4. The van der Waals surface area contributed by atoms with Crippen LogP contribution in [0, 0.1) is 134 Å². The van der Waals surface area contributed by atoms with Crippen LogP contribution in [0.25, 0.3) is 0 Å². The predicted octanol–water partition coefficient (Wildman–Crippen LogP) is 8.53. The van der Waals surface area contributed by atoms with Crippen molar-refractivity contribution in [2.75, 3.05) is 0 Å². The van der Waals surface area contributed by atoms with Gasteiger partial charge in [-0.1, -0.05) is 48.4 Å². The van der Waals surface area contributed by atoms with Crippen molar-refractivity contribution in [2.45, 2.75) is 51.4 Å². The smallest absolute Gasteiger partial charge is 0.293 e. The molecule has 70 heavy (non-hydrogen) atoms. The third-order valence-electron chi connectivity index (χ3n) is 12.0.